The number of halogens is 2. The fourth-order valence-electron chi connectivity index (χ4n) is 2.44. The van der Waals surface area contributed by atoms with Gasteiger partial charge < -0.3 is 10.1 Å². The van der Waals surface area contributed by atoms with Crippen LogP contribution in [-0.2, 0) is 4.74 Å². The summed E-state index contributed by atoms with van der Waals surface area (Å²) in [7, 11) is 0. The lowest BCUT2D eigenvalue weighted by molar-refractivity contribution is 0.0305. The number of nitrogens with one attached hydrogen (secondary N) is 1. The van der Waals surface area contributed by atoms with Gasteiger partial charge in [0.15, 0.2) is 0 Å². The minimum absolute atomic E-state index is 0. The van der Waals surface area contributed by atoms with E-state index >= 15 is 0 Å². The molecule has 1 aliphatic rings. The molecule has 0 spiro atoms. The Morgan fingerprint density at radius 1 is 1.27 bits per heavy atom. The molecule has 1 saturated heterocycles. The van der Waals surface area contributed by atoms with Crippen molar-refractivity contribution in [3.8, 4) is 0 Å². The van der Waals surface area contributed by atoms with Gasteiger partial charge in [-0.05, 0) is 27.7 Å². The number of hydrogen-bond acceptors (Lipinski definition) is 3. The van der Waals surface area contributed by atoms with E-state index in [1.807, 2.05) is 0 Å². The number of carbonyl (C=O) groups is 1. The van der Waals surface area contributed by atoms with Gasteiger partial charge in [-0.2, -0.15) is 0 Å². The first-order chi connectivity index (χ1) is 6.20. The van der Waals surface area contributed by atoms with Crippen molar-refractivity contribution in [3.05, 3.63) is 0 Å². The van der Waals surface area contributed by atoms with E-state index in [-0.39, 0.29) is 29.6 Å². The van der Waals surface area contributed by atoms with Crippen LogP contribution in [0.25, 0.3) is 0 Å². The van der Waals surface area contributed by atoms with Gasteiger partial charge in [-0.25, -0.2) is 4.79 Å². The van der Waals surface area contributed by atoms with Crippen molar-refractivity contribution in [1.82, 2.24) is 5.32 Å². The molecular weight excluding hydrogens is 237 g/mol. The second kappa shape index (κ2) is 4.89. The maximum atomic E-state index is 10.7. The number of ether oxygens (including phenoxy) is 1. The third kappa shape index (κ3) is 5.05. The predicted molar refractivity (Wildman–Crippen MR) is 63.9 cm³/mol. The molecule has 0 aromatic rings. The van der Waals surface area contributed by atoms with Crippen LogP contribution in [0.1, 0.15) is 40.5 Å². The molecule has 0 atom stereocenters. The Balaban J connectivity index is 0.00000196. The fraction of sp³-hybridized carbons (Fsp3) is 0.900. The van der Waals surface area contributed by atoms with E-state index in [1.54, 1.807) is 0 Å². The molecule has 15 heavy (non-hydrogen) atoms. The largest absolute Gasteiger partial charge is 0.450 e. The van der Waals surface area contributed by atoms with Crippen LogP contribution in [0.2, 0.25) is 0 Å². The monoisotopic (exact) mass is 255 g/mol. The SMILES string of the molecule is CC1(C)CC(OC(=O)Cl)CC(C)(C)N1.Cl. The van der Waals surface area contributed by atoms with Gasteiger partial charge in [0.05, 0.1) is 0 Å². The molecule has 1 N–H and O–H groups in total. The maximum Gasteiger partial charge on any atom is 0.404 e. The molecule has 0 aliphatic carbocycles. The van der Waals surface area contributed by atoms with Gasteiger partial charge in [0.2, 0.25) is 0 Å². The highest BCUT2D eigenvalue weighted by atomic mass is 35.5. The Kier molecular flexibility index (Phi) is 4.90. The molecule has 90 valence electrons. The maximum absolute atomic E-state index is 10.7. The average Bonchev–Trinajstić information content (AvgIpc) is 1.74. The summed E-state index contributed by atoms with van der Waals surface area (Å²) in [5, 5.41) is 3.50. The Hall–Kier alpha value is 0.01000. The molecule has 1 rings (SSSR count). The third-order valence-electron chi connectivity index (χ3n) is 2.41. The molecule has 0 unspecified atom stereocenters. The molecule has 0 bridgehead atoms. The highest BCUT2D eigenvalue weighted by molar-refractivity contribution is 6.61. The summed E-state index contributed by atoms with van der Waals surface area (Å²) in [5.41, 5.74) is -0.735. The van der Waals surface area contributed by atoms with Crippen molar-refractivity contribution in [1.29, 1.82) is 0 Å². The standard InChI is InChI=1S/C10H18ClNO2.ClH/c1-9(2)5-7(14-8(11)13)6-10(3,4)12-9;/h7,12H,5-6H2,1-4H3;1H. The summed E-state index contributed by atoms with van der Waals surface area (Å²) in [6.45, 7) is 8.40. The highest BCUT2D eigenvalue weighted by Gasteiger charge is 2.39. The molecule has 0 saturated carbocycles. The molecule has 1 heterocycles. The normalized spacial score (nSPS) is 24.1. The van der Waals surface area contributed by atoms with Gasteiger partial charge in [-0.3, -0.25) is 0 Å². The Morgan fingerprint density at radius 3 is 2.00 bits per heavy atom. The first kappa shape index (κ1) is 15.0. The summed E-state index contributed by atoms with van der Waals surface area (Å²) < 4.78 is 5.05. The van der Waals surface area contributed by atoms with E-state index in [0.717, 1.165) is 12.8 Å². The Labute approximate surface area is 102 Å². The number of hydrogen-bond donors (Lipinski definition) is 1. The molecule has 3 nitrogen and oxygen atoms in total. The van der Waals surface area contributed by atoms with Crippen molar-refractivity contribution in [2.75, 3.05) is 0 Å². The van der Waals surface area contributed by atoms with Crippen LogP contribution in [0, 0.1) is 0 Å². The van der Waals surface area contributed by atoms with Crippen LogP contribution >= 0.6 is 24.0 Å². The molecule has 0 amide bonds. The molecule has 5 heteroatoms. The predicted octanol–water partition coefficient (Wildman–Crippen LogP) is 3.09. The van der Waals surface area contributed by atoms with E-state index in [9.17, 15) is 4.79 Å². The lowest BCUT2D eigenvalue weighted by atomic mass is 9.81. The average molecular weight is 256 g/mol. The smallest absolute Gasteiger partial charge is 0.404 e. The molecule has 1 aliphatic heterocycles. The lowest BCUT2D eigenvalue weighted by Crippen LogP contribution is -2.59. The van der Waals surface area contributed by atoms with Crippen molar-refractivity contribution in [3.63, 3.8) is 0 Å². The number of carbonyl (C=O) groups excluding carboxylic acids is 1. The molecular formula is C10H19Cl2NO2. The van der Waals surface area contributed by atoms with Crippen molar-refractivity contribution >= 4 is 29.4 Å². The van der Waals surface area contributed by atoms with E-state index in [4.69, 9.17) is 16.3 Å². The summed E-state index contributed by atoms with van der Waals surface area (Å²) in [6, 6.07) is 0. The van der Waals surface area contributed by atoms with E-state index in [2.05, 4.69) is 33.0 Å². The van der Waals surface area contributed by atoms with Crippen LogP contribution in [-0.4, -0.2) is 22.6 Å². The minimum atomic E-state index is -0.705. The summed E-state index contributed by atoms with van der Waals surface area (Å²) in [5.74, 6) is 0. The lowest BCUT2D eigenvalue weighted by Gasteiger charge is -2.45. The minimum Gasteiger partial charge on any atom is -0.450 e. The van der Waals surface area contributed by atoms with Crippen LogP contribution in [0.4, 0.5) is 4.79 Å². The quantitative estimate of drug-likeness (QED) is 0.732. The Bertz CT molecular complexity index is 226. The van der Waals surface area contributed by atoms with Crippen LogP contribution in [0.15, 0.2) is 0 Å². The zero-order chi connectivity index (χ0) is 11.0. The van der Waals surface area contributed by atoms with E-state index in [1.165, 1.54) is 0 Å². The van der Waals surface area contributed by atoms with Crippen LogP contribution in [0.5, 0.6) is 0 Å². The van der Waals surface area contributed by atoms with Gasteiger partial charge >= 0.3 is 5.43 Å². The topological polar surface area (TPSA) is 38.3 Å². The Morgan fingerprint density at radius 2 is 1.67 bits per heavy atom. The molecule has 1 fully saturated rings. The van der Waals surface area contributed by atoms with Gasteiger partial charge in [0, 0.05) is 35.5 Å². The van der Waals surface area contributed by atoms with Gasteiger partial charge in [0.1, 0.15) is 6.10 Å². The first-order valence-electron chi connectivity index (χ1n) is 4.86. The van der Waals surface area contributed by atoms with E-state index in [0.29, 0.717) is 0 Å². The second-order valence-electron chi connectivity index (χ2n) is 5.28. The van der Waals surface area contributed by atoms with E-state index < -0.39 is 5.43 Å². The number of piperidine rings is 1. The molecule has 0 radical (unpaired) electrons. The molecule has 0 aromatic carbocycles. The first-order valence-corrected chi connectivity index (χ1v) is 5.23. The van der Waals surface area contributed by atoms with Gasteiger partial charge in [-0.1, -0.05) is 0 Å². The summed E-state index contributed by atoms with van der Waals surface area (Å²) in [4.78, 5) is 10.7. The number of rotatable bonds is 1. The van der Waals surface area contributed by atoms with Crippen molar-refractivity contribution < 1.29 is 9.53 Å². The van der Waals surface area contributed by atoms with Crippen molar-refractivity contribution in [2.24, 2.45) is 0 Å². The van der Waals surface area contributed by atoms with Crippen molar-refractivity contribution in [2.45, 2.75) is 57.7 Å². The van der Waals surface area contributed by atoms with Crippen LogP contribution < -0.4 is 5.32 Å². The van der Waals surface area contributed by atoms with Crippen LogP contribution in [0.3, 0.4) is 0 Å². The summed E-state index contributed by atoms with van der Waals surface area (Å²) in [6.07, 6.45) is 1.52. The zero-order valence-corrected chi connectivity index (χ0v) is 11.2. The summed E-state index contributed by atoms with van der Waals surface area (Å²) >= 11 is 5.22. The fourth-order valence-corrected chi connectivity index (χ4v) is 2.57. The van der Waals surface area contributed by atoms with Gasteiger partial charge in [-0.15, -0.1) is 12.4 Å². The third-order valence-corrected chi connectivity index (χ3v) is 2.50. The second-order valence-corrected chi connectivity index (χ2v) is 5.59. The molecule has 0 aromatic heterocycles. The van der Waals surface area contributed by atoms with Gasteiger partial charge in [0.25, 0.3) is 0 Å². The zero-order valence-electron chi connectivity index (χ0n) is 9.59. The highest BCUT2D eigenvalue weighted by Crippen LogP contribution is 2.30.